The molecule has 5 nitrogen and oxygen atoms in total. The second-order valence-electron chi connectivity index (χ2n) is 5.39. The Hall–Kier alpha value is -1.02. The van der Waals surface area contributed by atoms with Crippen molar-refractivity contribution in [3.8, 4) is 5.75 Å². The Balaban J connectivity index is 0.00000161. The number of fused-ring (bicyclic) bond motifs is 1. The van der Waals surface area contributed by atoms with Crippen LogP contribution in [0.2, 0.25) is 0 Å². The minimum atomic E-state index is 0. The zero-order chi connectivity index (χ0) is 13.9. The molecule has 1 aromatic rings. The molecule has 1 aliphatic heterocycles. The molecule has 0 bridgehead atoms. The number of nitrogens with one attached hydrogen (secondary N) is 1. The molecule has 1 heterocycles. The van der Waals surface area contributed by atoms with Gasteiger partial charge in [-0.25, -0.2) is 4.99 Å². The van der Waals surface area contributed by atoms with Crippen LogP contribution in [0.5, 0.6) is 5.75 Å². The summed E-state index contributed by atoms with van der Waals surface area (Å²) in [5, 5.41) is 3.12. The van der Waals surface area contributed by atoms with Crippen molar-refractivity contribution in [2.75, 3.05) is 19.0 Å². The number of hydrogen-bond donors (Lipinski definition) is 2. The summed E-state index contributed by atoms with van der Waals surface area (Å²) >= 11 is 0. The summed E-state index contributed by atoms with van der Waals surface area (Å²) in [6.45, 7) is 0.898. The van der Waals surface area contributed by atoms with E-state index in [4.69, 9.17) is 15.2 Å². The van der Waals surface area contributed by atoms with Crippen LogP contribution >= 0.6 is 24.0 Å². The van der Waals surface area contributed by atoms with Crippen LogP contribution in [0.1, 0.15) is 19.3 Å². The number of hydrogen-bond acceptors (Lipinski definition) is 3. The second-order valence-corrected chi connectivity index (χ2v) is 5.39. The third-order valence-corrected chi connectivity index (χ3v) is 4.11. The Kier molecular flexibility index (Phi) is 5.69. The van der Waals surface area contributed by atoms with Gasteiger partial charge in [-0.15, -0.1) is 24.0 Å². The lowest BCUT2D eigenvalue weighted by molar-refractivity contribution is -0.0937. The van der Waals surface area contributed by atoms with E-state index in [0.29, 0.717) is 24.0 Å². The Morgan fingerprint density at radius 1 is 1.48 bits per heavy atom. The molecule has 2 aliphatic rings. The molecule has 1 aliphatic carbocycles. The van der Waals surface area contributed by atoms with Crippen molar-refractivity contribution in [1.82, 2.24) is 0 Å². The van der Waals surface area contributed by atoms with E-state index >= 15 is 0 Å². The van der Waals surface area contributed by atoms with Gasteiger partial charge in [-0.3, -0.25) is 0 Å². The number of guanidine groups is 1. The molecular weight excluding hydrogens is 381 g/mol. The Morgan fingerprint density at radius 2 is 2.33 bits per heavy atom. The number of nitrogens with zero attached hydrogens (tertiary/aromatic N) is 1. The van der Waals surface area contributed by atoms with Gasteiger partial charge in [-0.2, -0.15) is 0 Å². The minimum Gasteiger partial charge on any atom is -0.497 e. The molecule has 1 saturated heterocycles. The standard InChI is InChI=1S/C15H21N3O2.HI/c1-19-11-5-2-4-10(8-11)17-15(16)18-13-9-14-12(13)6-3-7-20-14;/h2,4-5,8,12-14H,3,6-7,9H2,1H3,(H3,16,17,18);1H. The largest absolute Gasteiger partial charge is 0.497 e. The lowest BCUT2D eigenvalue weighted by Gasteiger charge is -2.45. The molecule has 21 heavy (non-hydrogen) atoms. The number of aliphatic imine (C=N–C) groups is 1. The van der Waals surface area contributed by atoms with Gasteiger partial charge in [0.05, 0.1) is 19.3 Å². The molecule has 6 heteroatoms. The summed E-state index contributed by atoms with van der Waals surface area (Å²) in [5.41, 5.74) is 6.88. The van der Waals surface area contributed by atoms with Gasteiger partial charge in [0.15, 0.2) is 5.96 Å². The van der Waals surface area contributed by atoms with Crippen molar-refractivity contribution in [1.29, 1.82) is 0 Å². The molecule has 3 unspecified atom stereocenters. The van der Waals surface area contributed by atoms with Crippen LogP contribution in [-0.4, -0.2) is 31.8 Å². The monoisotopic (exact) mass is 403 g/mol. The van der Waals surface area contributed by atoms with Crippen LogP contribution in [0.3, 0.4) is 0 Å². The Morgan fingerprint density at radius 3 is 3.10 bits per heavy atom. The van der Waals surface area contributed by atoms with Crippen molar-refractivity contribution in [2.24, 2.45) is 16.6 Å². The van der Waals surface area contributed by atoms with Crippen LogP contribution < -0.4 is 15.8 Å². The second kappa shape index (κ2) is 7.31. The maximum atomic E-state index is 5.99. The fourth-order valence-electron chi connectivity index (χ4n) is 2.97. The molecule has 3 atom stereocenters. The third-order valence-electron chi connectivity index (χ3n) is 4.11. The van der Waals surface area contributed by atoms with E-state index in [1.54, 1.807) is 7.11 Å². The fourth-order valence-corrected chi connectivity index (χ4v) is 2.97. The van der Waals surface area contributed by atoms with Gasteiger partial charge in [0.25, 0.3) is 0 Å². The molecule has 1 aromatic carbocycles. The Bertz CT molecular complexity index is 509. The van der Waals surface area contributed by atoms with Gasteiger partial charge in [0, 0.05) is 24.3 Å². The van der Waals surface area contributed by atoms with E-state index in [9.17, 15) is 0 Å². The SMILES string of the molecule is COc1cccc(NC(N)=NC2CC3OCCCC23)c1.I. The molecule has 0 aromatic heterocycles. The van der Waals surface area contributed by atoms with Gasteiger partial charge in [0.2, 0.25) is 0 Å². The predicted octanol–water partition coefficient (Wildman–Crippen LogP) is 2.61. The van der Waals surface area contributed by atoms with E-state index in [1.165, 1.54) is 6.42 Å². The van der Waals surface area contributed by atoms with E-state index in [0.717, 1.165) is 30.9 Å². The van der Waals surface area contributed by atoms with Crippen molar-refractivity contribution in [2.45, 2.75) is 31.4 Å². The first-order valence-corrected chi connectivity index (χ1v) is 7.12. The van der Waals surface area contributed by atoms with Gasteiger partial charge < -0.3 is 20.5 Å². The third kappa shape index (κ3) is 3.79. The van der Waals surface area contributed by atoms with Gasteiger partial charge in [-0.05, 0) is 31.4 Å². The molecule has 2 fully saturated rings. The summed E-state index contributed by atoms with van der Waals surface area (Å²) in [7, 11) is 1.65. The summed E-state index contributed by atoms with van der Waals surface area (Å²) in [6, 6.07) is 7.96. The topological polar surface area (TPSA) is 68.9 Å². The predicted molar refractivity (Wildman–Crippen MR) is 94.5 cm³/mol. The van der Waals surface area contributed by atoms with E-state index in [-0.39, 0.29) is 24.0 Å². The number of benzene rings is 1. The van der Waals surface area contributed by atoms with Crippen molar-refractivity contribution < 1.29 is 9.47 Å². The van der Waals surface area contributed by atoms with Crippen LogP contribution in [0, 0.1) is 5.92 Å². The summed E-state index contributed by atoms with van der Waals surface area (Å²) in [5.74, 6) is 1.81. The van der Waals surface area contributed by atoms with Crippen LogP contribution in [0.25, 0.3) is 0 Å². The van der Waals surface area contributed by atoms with Gasteiger partial charge >= 0.3 is 0 Å². The first-order chi connectivity index (χ1) is 9.76. The minimum absolute atomic E-state index is 0. The molecule has 0 radical (unpaired) electrons. The zero-order valence-corrected chi connectivity index (χ0v) is 14.4. The van der Waals surface area contributed by atoms with E-state index in [1.807, 2.05) is 24.3 Å². The highest BCUT2D eigenvalue weighted by molar-refractivity contribution is 14.0. The van der Waals surface area contributed by atoms with Gasteiger partial charge in [0.1, 0.15) is 5.75 Å². The summed E-state index contributed by atoms with van der Waals surface area (Å²) in [4.78, 5) is 4.58. The maximum Gasteiger partial charge on any atom is 0.193 e. The molecule has 3 rings (SSSR count). The fraction of sp³-hybridized carbons (Fsp3) is 0.533. The zero-order valence-electron chi connectivity index (χ0n) is 12.1. The molecule has 0 spiro atoms. The van der Waals surface area contributed by atoms with Crippen LogP contribution in [0.15, 0.2) is 29.3 Å². The highest BCUT2D eigenvalue weighted by Gasteiger charge is 2.43. The molecule has 116 valence electrons. The smallest absolute Gasteiger partial charge is 0.193 e. The average molecular weight is 403 g/mol. The molecule has 3 N–H and O–H groups in total. The molecular formula is C15H22IN3O2. The number of ether oxygens (including phenoxy) is 2. The van der Waals surface area contributed by atoms with Crippen LogP contribution in [-0.2, 0) is 4.74 Å². The molecule has 0 amide bonds. The van der Waals surface area contributed by atoms with E-state index in [2.05, 4.69) is 10.3 Å². The number of anilines is 1. The summed E-state index contributed by atoms with van der Waals surface area (Å²) < 4.78 is 10.9. The first kappa shape index (κ1) is 16.4. The number of nitrogens with two attached hydrogens (primary N) is 1. The number of rotatable bonds is 3. The maximum absolute atomic E-state index is 5.99. The quantitative estimate of drug-likeness (QED) is 0.463. The first-order valence-electron chi connectivity index (χ1n) is 7.12. The van der Waals surface area contributed by atoms with Crippen molar-refractivity contribution >= 4 is 35.6 Å². The number of halogens is 1. The van der Waals surface area contributed by atoms with E-state index < -0.39 is 0 Å². The highest BCUT2D eigenvalue weighted by atomic mass is 127. The lowest BCUT2D eigenvalue weighted by Crippen LogP contribution is -2.49. The van der Waals surface area contributed by atoms with Crippen molar-refractivity contribution in [3.05, 3.63) is 24.3 Å². The van der Waals surface area contributed by atoms with Crippen molar-refractivity contribution in [3.63, 3.8) is 0 Å². The van der Waals surface area contributed by atoms with Gasteiger partial charge in [-0.1, -0.05) is 6.07 Å². The Labute approximate surface area is 142 Å². The van der Waals surface area contributed by atoms with Crippen LogP contribution in [0.4, 0.5) is 5.69 Å². The highest BCUT2D eigenvalue weighted by Crippen LogP contribution is 2.39. The lowest BCUT2D eigenvalue weighted by atomic mass is 9.73. The normalized spacial score (nSPS) is 27.9. The average Bonchev–Trinajstić information content (AvgIpc) is 2.45. The number of methoxy groups -OCH3 is 1. The molecule has 1 saturated carbocycles. The summed E-state index contributed by atoms with van der Waals surface area (Å²) in [6.07, 6.45) is 3.73.